The second-order valence-corrected chi connectivity index (χ2v) is 6.20. The number of hydrogen-bond acceptors (Lipinski definition) is 3. The minimum Gasteiger partial charge on any atom is -0.383 e. The van der Waals surface area contributed by atoms with Crippen molar-refractivity contribution in [3.8, 4) is 0 Å². The molecule has 0 spiro atoms. The van der Waals surface area contributed by atoms with Crippen molar-refractivity contribution < 1.29 is 14.3 Å². The largest absolute Gasteiger partial charge is 0.383 e. The van der Waals surface area contributed by atoms with E-state index in [4.69, 9.17) is 16.3 Å². The van der Waals surface area contributed by atoms with Gasteiger partial charge in [-0.05, 0) is 30.3 Å². The lowest BCUT2D eigenvalue weighted by Crippen LogP contribution is -2.28. The van der Waals surface area contributed by atoms with Gasteiger partial charge < -0.3 is 15.4 Å². The van der Waals surface area contributed by atoms with Crippen molar-refractivity contribution in [1.82, 2.24) is 5.32 Å². The maximum Gasteiger partial charge on any atom is 0.257 e. The summed E-state index contributed by atoms with van der Waals surface area (Å²) >= 11 is 9.38. The van der Waals surface area contributed by atoms with Crippen LogP contribution in [0, 0.1) is 0 Å². The van der Waals surface area contributed by atoms with Crippen molar-refractivity contribution >= 4 is 45.0 Å². The van der Waals surface area contributed by atoms with Crippen LogP contribution in [0.2, 0.25) is 5.02 Å². The van der Waals surface area contributed by atoms with Gasteiger partial charge >= 0.3 is 0 Å². The Morgan fingerprint density at radius 3 is 2.62 bits per heavy atom. The highest BCUT2D eigenvalue weighted by Crippen LogP contribution is 2.23. The van der Waals surface area contributed by atoms with Crippen LogP contribution in [0.15, 0.2) is 46.9 Å². The number of hydrogen-bond donors (Lipinski definition) is 2. The van der Waals surface area contributed by atoms with Crippen LogP contribution in [0.25, 0.3) is 0 Å². The molecule has 0 radical (unpaired) electrons. The second kappa shape index (κ2) is 8.82. The Kier molecular flexibility index (Phi) is 6.78. The Bertz CT molecular complexity index is 752. The average molecular weight is 412 g/mol. The highest BCUT2D eigenvalue weighted by atomic mass is 79.9. The highest BCUT2D eigenvalue weighted by molar-refractivity contribution is 9.10. The van der Waals surface area contributed by atoms with Crippen molar-refractivity contribution in [2.24, 2.45) is 0 Å². The molecule has 2 aromatic rings. The van der Waals surface area contributed by atoms with Crippen LogP contribution in [-0.4, -0.2) is 32.1 Å². The third kappa shape index (κ3) is 4.80. The topological polar surface area (TPSA) is 67.4 Å². The van der Waals surface area contributed by atoms with Gasteiger partial charge in [0.25, 0.3) is 11.8 Å². The summed E-state index contributed by atoms with van der Waals surface area (Å²) in [6, 6.07) is 11.8. The van der Waals surface area contributed by atoms with E-state index in [1.54, 1.807) is 49.6 Å². The van der Waals surface area contributed by atoms with E-state index >= 15 is 0 Å². The molecule has 0 aliphatic heterocycles. The van der Waals surface area contributed by atoms with E-state index in [-0.39, 0.29) is 5.91 Å². The number of benzene rings is 2. The monoisotopic (exact) mass is 410 g/mol. The molecular formula is C17H16BrClN2O3. The Balaban J connectivity index is 2.19. The fraction of sp³-hybridized carbons (Fsp3) is 0.176. The fourth-order valence-electron chi connectivity index (χ4n) is 2.01. The molecule has 2 N–H and O–H groups in total. The predicted molar refractivity (Wildman–Crippen MR) is 97.8 cm³/mol. The number of anilines is 1. The Morgan fingerprint density at radius 1 is 1.12 bits per heavy atom. The van der Waals surface area contributed by atoms with Gasteiger partial charge in [0.05, 0.1) is 28.4 Å². The fourth-order valence-corrected chi connectivity index (χ4v) is 2.58. The van der Waals surface area contributed by atoms with Gasteiger partial charge in [-0.15, -0.1) is 0 Å². The molecule has 2 aromatic carbocycles. The van der Waals surface area contributed by atoms with E-state index in [1.807, 2.05) is 0 Å². The SMILES string of the molecule is COCCNC(=O)c1ccccc1NC(=O)c1cc(Br)ccc1Cl. The summed E-state index contributed by atoms with van der Waals surface area (Å²) < 4.78 is 5.64. The first-order chi connectivity index (χ1) is 11.5. The smallest absolute Gasteiger partial charge is 0.257 e. The van der Waals surface area contributed by atoms with Gasteiger partial charge in [-0.25, -0.2) is 0 Å². The number of methoxy groups -OCH3 is 1. The van der Waals surface area contributed by atoms with Gasteiger partial charge in [0.15, 0.2) is 0 Å². The third-order valence-electron chi connectivity index (χ3n) is 3.18. The summed E-state index contributed by atoms with van der Waals surface area (Å²) in [6.07, 6.45) is 0. The Labute approximate surface area is 153 Å². The minimum atomic E-state index is -0.390. The van der Waals surface area contributed by atoms with E-state index in [0.717, 1.165) is 4.47 Å². The molecule has 0 atom stereocenters. The Hall–Kier alpha value is -1.89. The van der Waals surface area contributed by atoms with Gasteiger partial charge in [-0.1, -0.05) is 39.7 Å². The van der Waals surface area contributed by atoms with Crippen LogP contribution in [0.5, 0.6) is 0 Å². The molecule has 2 rings (SSSR count). The van der Waals surface area contributed by atoms with Crippen LogP contribution in [0.3, 0.4) is 0 Å². The molecule has 5 nitrogen and oxygen atoms in total. The highest BCUT2D eigenvalue weighted by Gasteiger charge is 2.15. The lowest BCUT2D eigenvalue weighted by molar-refractivity contribution is 0.0938. The molecule has 0 aliphatic rings. The van der Waals surface area contributed by atoms with Gasteiger partial charge in [0.1, 0.15) is 0 Å². The zero-order valence-corrected chi connectivity index (χ0v) is 15.3. The first-order valence-electron chi connectivity index (χ1n) is 7.15. The molecule has 24 heavy (non-hydrogen) atoms. The van der Waals surface area contributed by atoms with E-state index < -0.39 is 5.91 Å². The molecule has 0 aliphatic carbocycles. The summed E-state index contributed by atoms with van der Waals surface area (Å²) in [7, 11) is 1.56. The molecule has 2 amide bonds. The van der Waals surface area contributed by atoms with E-state index in [9.17, 15) is 9.59 Å². The summed E-state index contributed by atoms with van der Waals surface area (Å²) in [6.45, 7) is 0.795. The summed E-state index contributed by atoms with van der Waals surface area (Å²) in [5.74, 6) is -0.679. The van der Waals surface area contributed by atoms with Crippen molar-refractivity contribution in [2.75, 3.05) is 25.6 Å². The zero-order valence-electron chi connectivity index (χ0n) is 12.9. The molecule has 0 unspecified atom stereocenters. The lowest BCUT2D eigenvalue weighted by atomic mass is 10.1. The number of carbonyl (C=O) groups excluding carboxylic acids is 2. The van der Waals surface area contributed by atoms with Crippen molar-refractivity contribution in [3.05, 3.63) is 63.1 Å². The summed E-state index contributed by atoms with van der Waals surface area (Å²) in [5, 5.41) is 5.79. The van der Waals surface area contributed by atoms with Crippen LogP contribution in [0.4, 0.5) is 5.69 Å². The number of para-hydroxylation sites is 1. The molecule has 0 fully saturated rings. The molecule has 0 saturated carbocycles. The quantitative estimate of drug-likeness (QED) is 0.712. The molecule has 126 valence electrons. The number of rotatable bonds is 6. The third-order valence-corrected chi connectivity index (χ3v) is 4.01. The number of carbonyl (C=O) groups is 2. The number of ether oxygens (including phenoxy) is 1. The second-order valence-electron chi connectivity index (χ2n) is 4.87. The van der Waals surface area contributed by atoms with Crippen LogP contribution in [0.1, 0.15) is 20.7 Å². The number of halogens is 2. The minimum absolute atomic E-state index is 0.289. The van der Waals surface area contributed by atoms with Crippen LogP contribution < -0.4 is 10.6 Å². The maximum atomic E-state index is 12.5. The van der Waals surface area contributed by atoms with Crippen molar-refractivity contribution in [1.29, 1.82) is 0 Å². The number of nitrogens with one attached hydrogen (secondary N) is 2. The lowest BCUT2D eigenvalue weighted by Gasteiger charge is -2.12. The molecular weight excluding hydrogens is 396 g/mol. The van der Waals surface area contributed by atoms with Crippen molar-refractivity contribution in [2.45, 2.75) is 0 Å². The normalized spacial score (nSPS) is 10.3. The first-order valence-corrected chi connectivity index (χ1v) is 8.32. The maximum absolute atomic E-state index is 12.5. The van der Waals surface area contributed by atoms with E-state index in [1.165, 1.54) is 0 Å². The van der Waals surface area contributed by atoms with E-state index in [2.05, 4.69) is 26.6 Å². The summed E-state index contributed by atoms with van der Waals surface area (Å²) in [5.41, 5.74) is 1.10. The van der Waals surface area contributed by atoms with Gasteiger partial charge in [0.2, 0.25) is 0 Å². The van der Waals surface area contributed by atoms with Crippen LogP contribution >= 0.6 is 27.5 Å². The summed E-state index contributed by atoms with van der Waals surface area (Å²) in [4.78, 5) is 24.7. The molecule has 0 aromatic heterocycles. The van der Waals surface area contributed by atoms with Crippen molar-refractivity contribution in [3.63, 3.8) is 0 Å². The first kappa shape index (κ1) is 18.4. The van der Waals surface area contributed by atoms with Gasteiger partial charge in [-0.3, -0.25) is 9.59 Å². The standard InChI is InChI=1S/C17H16BrClN2O3/c1-24-9-8-20-16(22)12-4-2-3-5-15(12)21-17(23)13-10-11(18)6-7-14(13)19/h2-7,10H,8-9H2,1H3,(H,20,22)(H,21,23). The average Bonchev–Trinajstić information content (AvgIpc) is 2.57. The molecule has 0 heterocycles. The van der Waals surface area contributed by atoms with Gasteiger partial charge in [0, 0.05) is 18.1 Å². The predicted octanol–water partition coefficient (Wildman–Crippen LogP) is 3.73. The molecule has 0 saturated heterocycles. The van der Waals surface area contributed by atoms with Gasteiger partial charge in [-0.2, -0.15) is 0 Å². The Morgan fingerprint density at radius 2 is 1.88 bits per heavy atom. The van der Waals surface area contributed by atoms with E-state index in [0.29, 0.717) is 35.0 Å². The molecule has 7 heteroatoms. The molecule has 0 bridgehead atoms. The number of amides is 2. The van der Waals surface area contributed by atoms with Crippen LogP contribution in [-0.2, 0) is 4.74 Å². The zero-order chi connectivity index (χ0) is 17.5.